The lowest BCUT2D eigenvalue weighted by Crippen LogP contribution is -2.15. The van der Waals surface area contributed by atoms with E-state index < -0.39 is 17.8 Å². The predicted octanol–water partition coefficient (Wildman–Crippen LogP) is 5.64. The molecule has 0 amide bonds. The minimum Gasteiger partial charge on any atom is -0.378 e. The van der Waals surface area contributed by atoms with Gasteiger partial charge in [-0.25, -0.2) is 0 Å². The summed E-state index contributed by atoms with van der Waals surface area (Å²) in [4.78, 5) is 0. The predicted molar refractivity (Wildman–Crippen MR) is 77.6 cm³/mol. The Hall–Kier alpha value is -1.49. The van der Waals surface area contributed by atoms with E-state index in [4.69, 9.17) is 0 Å². The second-order valence-corrected chi connectivity index (χ2v) is 5.38. The average Bonchev–Trinajstić information content (AvgIpc) is 2.37. The largest absolute Gasteiger partial charge is 0.416 e. The first-order valence-corrected chi connectivity index (χ1v) is 6.85. The van der Waals surface area contributed by atoms with Gasteiger partial charge in [-0.3, -0.25) is 0 Å². The molecule has 2 rings (SSSR count). The molecule has 0 fully saturated rings. The molecule has 20 heavy (non-hydrogen) atoms. The first-order valence-electron chi connectivity index (χ1n) is 6.06. The van der Waals surface area contributed by atoms with Gasteiger partial charge in [0.15, 0.2) is 0 Å². The molecule has 0 spiro atoms. The minimum atomic E-state index is -4.34. The van der Waals surface area contributed by atoms with Gasteiger partial charge < -0.3 is 5.32 Å². The Bertz CT molecular complexity index is 596. The van der Waals surface area contributed by atoms with Crippen LogP contribution in [-0.2, 0) is 6.18 Å². The molecule has 0 aromatic heterocycles. The van der Waals surface area contributed by atoms with E-state index >= 15 is 0 Å². The topological polar surface area (TPSA) is 12.0 Å². The number of hydrogen-bond donors (Lipinski definition) is 1. The van der Waals surface area contributed by atoms with Gasteiger partial charge in [-0.15, -0.1) is 0 Å². The summed E-state index contributed by atoms with van der Waals surface area (Å²) in [5.41, 5.74) is 0.402. The van der Waals surface area contributed by atoms with Crippen LogP contribution in [0.1, 0.15) is 24.1 Å². The Kier molecular flexibility index (Phi) is 4.38. The van der Waals surface area contributed by atoms with Crippen molar-refractivity contribution < 1.29 is 13.2 Å². The number of hydrogen-bond acceptors (Lipinski definition) is 1. The Labute approximate surface area is 123 Å². The third kappa shape index (κ3) is 3.54. The molecule has 0 aliphatic heterocycles. The molecule has 0 bridgehead atoms. The fourth-order valence-corrected chi connectivity index (χ4v) is 2.44. The normalized spacial score (nSPS) is 13.1. The summed E-state index contributed by atoms with van der Waals surface area (Å²) in [7, 11) is 0. The van der Waals surface area contributed by atoms with Crippen LogP contribution in [0, 0.1) is 0 Å². The minimum absolute atomic E-state index is 0.236. The van der Waals surface area contributed by atoms with Gasteiger partial charge in [-0.05, 0) is 36.8 Å². The summed E-state index contributed by atoms with van der Waals surface area (Å²) in [6.45, 7) is 1.71. The van der Waals surface area contributed by atoms with Gasteiger partial charge in [0.05, 0.1) is 5.56 Å². The third-order valence-corrected chi connectivity index (χ3v) is 3.43. The Morgan fingerprint density at radius 2 is 1.75 bits per heavy atom. The Morgan fingerprint density at radius 3 is 2.40 bits per heavy atom. The van der Waals surface area contributed by atoms with Crippen molar-refractivity contribution in [3.8, 4) is 0 Å². The zero-order chi connectivity index (χ0) is 14.8. The van der Waals surface area contributed by atoms with Crippen molar-refractivity contribution in [1.82, 2.24) is 0 Å². The van der Waals surface area contributed by atoms with E-state index in [0.29, 0.717) is 0 Å². The molecular formula is C15H13BrF3N. The molecule has 2 aromatic carbocycles. The van der Waals surface area contributed by atoms with E-state index in [0.717, 1.165) is 16.2 Å². The standard InChI is InChI=1S/C15H13BrF3N/c1-10(20-12-6-4-5-11(16)9-12)13-7-2-3-8-14(13)15(17,18)19/h2-10,20H,1H3. The molecule has 0 aliphatic rings. The molecule has 0 saturated carbocycles. The summed E-state index contributed by atoms with van der Waals surface area (Å²) in [6.07, 6.45) is -4.34. The van der Waals surface area contributed by atoms with Crippen molar-refractivity contribution >= 4 is 21.6 Å². The molecule has 2 aromatic rings. The first-order chi connectivity index (χ1) is 9.38. The number of benzene rings is 2. The fourth-order valence-electron chi connectivity index (χ4n) is 2.04. The lowest BCUT2D eigenvalue weighted by atomic mass is 10.0. The van der Waals surface area contributed by atoms with Crippen LogP contribution in [0.2, 0.25) is 0 Å². The maximum absolute atomic E-state index is 13.0. The van der Waals surface area contributed by atoms with Gasteiger partial charge in [-0.1, -0.05) is 40.2 Å². The number of halogens is 4. The highest BCUT2D eigenvalue weighted by molar-refractivity contribution is 9.10. The quantitative estimate of drug-likeness (QED) is 0.760. The second kappa shape index (κ2) is 5.87. The van der Waals surface area contributed by atoms with E-state index in [1.807, 2.05) is 24.3 Å². The monoisotopic (exact) mass is 343 g/mol. The van der Waals surface area contributed by atoms with Gasteiger partial charge in [0.2, 0.25) is 0 Å². The van der Waals surface area contributed by atoms with Crippen LogP contribution in [0.3, 0.4) is 0 Å². The SMILES string of the molecule is CC(Nc1cccc(Br)c1)c1ccccc1C(F)(F)F. The number of alkyl halides is 3. The molecule has 1 N–H and O–H groups in total. The zero-order valence-corrected chi connectivity index (χ0v) is 12.3. The molecule has 1 nitrogen and oxygen atoms in total. The number of nitrogens with one attached hydrogen (secondary N) is 1. The van der Waals surface area contributed by atoms with Crippen LogP contribution in [0.4, 0.5) is 18.9 Å². The average molecular weight is 344 g/mol. The van der Waals surface area contributed by atoms with Crippen molar-refractivity contribution in [1.29, 1.82) is 0 Å². The highest BCUT2D eigenvalue weighted by Gasteiger charge is 2.34. The van der Waals surface area contributed by atoms with E-state index in [9.17, 15) is 13.2 Å². The van der Waals surface area contributed by atoms with Crippen LogP contribution in [-0.4, -0.2) is 0 Å². The number of anilines is 1. The summed E-state index contributed by atoms with van der Waals surface area (Å²) in [6, 6.07) is 12.5. The smallest absolute Gasteiger partial charge is 0.378 e. The Balaban J connectivity index is 2.28. The summed E-state index contributed by atoms with van der Waals surface area (Å²) in [5.74, 6) is 0. The molecule has 0 radical (unpaired) electrons. The molecule has 0 saturated heterocycles. The van der Waals surface area contributed by atoms with Gasteiger partial charge in [0.25, 0.3) is 0 Å². The van der Waals surface area contributed by atoms with Gasteiger partial charge in [-0.2, -0.15) is 13.2 Å². The lowest BCUT2D eigenvalue weighted by Gasteiger charge is -2.20. The fraction of sp³-hybridized carbons (Fsp3) is 0.200. The maximum Gasteiger partial charge on any atom is 0.416 e. The lowest BCUT2D eigenvalue weighted by molar-refractivity contribution is -0.138. The molecule has 0 aliphatic carbocycles. The molecule has 106 valence electrons. The van der Waals surface area contributed by atoms with E-state index in [-0.39, 0.29) is 5.56 Å². The van der Waals surface area contributed by atoms with Crippen molar-refractivity contribution in [2.75, 3.05) is 5.32 Å². The van der Waals surface area contributed by atoms with Crippen molar-refractivity contribution in [2.24, 2.45) is 0 Å². The van der Waals surface area contributed by atoms with E-state index in [2.05, 4.69) is 21.2 Å². The first kappa shape index (κ1) is 14.9. The second-order valence-electron chi connectivity index (χ2n) is 4.46. The van der Waals surface area contributed by atoms with Crippen LogP contribution in [0.5, 0.6) is 0 Å². The molecule has 1 unspecified atom stereocenters. The molecular weight excluding hydrogens is 331 g/mol. The van der Waals surface area contributed by atoms with Crippen LogP contribution < -0.4 is 5.32 Å². The third-order valence-electron chi connectivity index (χ3n) is 2.94. The van der Waals surface area contributed by atoms with E-state index in [1.165, 1.54) is 12.1 Å². The van der Waals surface area contributed by atoms with Gasteiger partial charge in [0, 0.05) is 16.2 Å². The van der Waals surface area contributed by atoms with Gasteiger partial charge >= 0.3 is 6.18 Å². The molecule has 5 heteroatoms. The summed E-state index contributed by atoms with van der Waals surface area (Å²) >= 11 is 3.33. The maximum atomic E-state index is 13.0. The van der Waals surface area contributed by atoms with Crippen molar-refractivity contribution in [2.45, 2.75) is 19.1 Å². The highest BCUT2D eigenvalue weighted by atomic mass is 79.9. The van der Waals surface area contributed by atoms with E-state index in [1.54, 1.807) is 13.0 Å². The van der Waals surface area contributed by atoms with Crippen molar-refractivity contribution in [3.05, 3.63) is 64.1 Å². The summed E-state index contributed by atoms with van der Waals surface area (Å²) < 4.78 is 39.8. The zero-order valence-electron chi connectivity index (χ0n) is 10.7. The van der Waals surface area contributed by atoms with Crippen LogP contribution in [0.15, 0.2) is 53.0 Å². The number of rotatable bonds is 3. The van der Waals surface area contributed by atoms with Crippen molar-refractivity contribution in [3.63, 3.8) is 0 Å². The van der Waals surface area contributed by atoms with Crippen LogP contribution in [0.25, 0.3) is 0 Å². The molecule has 0 heterocycles. The van der Waals surface area contributed by atoms with Crippen LogP contribution >= 0.6 is 15.9 Å². The summed E-state index contributed by atoms with van der Waals surface area (Å²) in [5, 5.41) is 3.08. The highest BCUT2D eigenvalue weighted by Crippen LogP contribution is 2.35. The Morgan fingerprint density at radius 1 is 1.05 bits per heavy atom. The van der Waals surface area contributed by atoms with Gasteiger partial charge in [0.1, 0.15) is 0 Å². The molecule has 1 atom stereocenters.